The van der Waals surface area contributed by atoms with Gasteiger partial charge in [-0.25, -0.2) is 8.42 Å². The third-order valence-electron chi connectivity index (χ3n) is 3.28. The zero-order chi connectivity index (χ0) is 13.3. The Balaban J connectivity index is 2.35. The first-order chi connectivity index (χ1) is 8.41. The summed E-state index contributed by atoms with van der Waals surface area (Å²) in [5, 5.41) is 3.25. The van der Waals surface area contributed by atoms with Gasteiger partial charge in [-0.05, 0) is 32.4 Å². The predicted molar refractivity (Wildman–Crippen MR) is 72.1 cm³/mol. The Labute approximate surface area is 109 Å². The highest BCUT2D eigenvalue weighted by Gasteiger charge is 2.29. The highest BCUT2D eigenvalue weighted by atomic mass is 32.2. The lowest BCUT2D eigenvalue weighted by Crippen LogP contribution is -2.51. The lowest BCUT2D eigenvalue weighted by molar-refractivity contribution is 0.310. The van der Waals surface area contributed by atoms with E-state index in [1.54, 1.807) is 10.4 Å². The van der Waals surface area contributed by atoms with Crippen LogP contribution in [0, 0.1) is 13.8 Å². The zero-order valence-electron chi connectivity index (χ0n) is 11.1. The highest BCUT2D eigenvalue weighted by molar-refractivity contribution is 7.89. The first-order valence-electron chi connectivity index (χ1n) is 6.22. The van der Waals surface area contributed by atoms with Crippen molar-refractivity contribution < 1.29 is 8.42 Å². The molecule has 0 aromatic heterocycles. The van der Waals surface area contributed by atoms with E-state index < -0.39 is 10.0 Å². The second-order valence-corrected chi connectivity index (χ2v) is 6.89. The van der Waals surface area contributed by atoms with Crippen LogP contribution in [-0.4, -0.2) is 38.4 Å². The number of nitrogens with zero attached hydrogens (tertiary/aromatic N) is 1. The Bertz CT molecular complexity index is 540. The molecule has 4 nitrogen and oxygen atoms in total. The molecule has 5 heteroatoms. The summed E-state index contributed by atoms with van der Waals surface area (Å²) in [7, 11) is -3.35. The maximum absolute atomic E-state index is 12.6. The van der Waals surface area contributed by atoms with Crippen molar-refractivity contribution in [2.45, 2.75) is 31.7 Å². The molecule has 1 saturated heterocycles. The maximum Gasteiger partial charge on any atom is 0.243 e. The number of hydrogen-bond donors (Lipinski definition) is 1. The molecule has 1 heterocycles. The maximum atomic E-state index is 12.6. The van der Waals surface area contributed by atoms with Gasteiger partial charge in [-0.3, -0.25) is 0 Å². The summed E-state index contributed by atoms with van der Waals surface area (Å²) in [5.41, 5.74) is 1.90. The summed E-state index contributed by atoms with van der Waals surface area (Å²) in [6, 6.07) is 5.69. The van der Waals surface area contributed by atoms with Crippen LogP contribution in [0.1, 0.15) is 18.1 Å². The molecule has 1 atom stereocenters. The molecule has 1 aromatic rings. The normalized spacial score (nSPS) is 22.1. The second kappa shape index (κ2) is 4.99. The van der Waals surface area contributed by atoms with E-state index in [0.717, 1.165) is 11.1 Å². The van der Waals surface area contributed by atoms with E-state index in [1.807, 2.05) is 32.9 Å². The van der Waals surface area contributed by atoms with Crippen LogP contribution in [-0.2, 0) is 10.0 Å². The third kappa shape index (κ3) is 2.58. The van der Waals surface area contributed by atoms with Crippen molar-refractivity contribution in [3.8, 4) is 0 Å². The van der Waals surface area contributed by atoms with Crippen LogP contribution in [0.5, 0.6) is 0 Å². The average Bonchev–Trinajstić information content (AvgIpc) is 2.28. The highest BCUT2D eigenvalue weighted by Crippen LogP contribution is 2.21. The van der Waals surface area contributed by atoms with E-state index in [1.165, 1.54) is 0 Å². The lowest BCUT2D eigenvalue weighted by Gasteiger charge is -2.31. The van der Waals surface area contributed by atoms with E-state index in [2.05, 4.69) is 5.32 Å². The standard InChI is InChI=1S/C13H20N2O2S/c1-10-4-5-13(11(2)8-10)18(16,17)15-7-6-14-12(3)9-15/h4-5,8,12,14H,6-7,9H2,1-3H3/t12-/m1/s1. The van der Waals surface area contributed by atoms with Crippen LogP contribution in [0.3, 0.4) is 0 Å². The van der Waals surface area contributed by atoms with Gasteiger partial charge >= 0.3 is 0 Å². The van der Waals surface area contributed by atoms with E-state index in [9.17, 15) is 8.42 Å². The van der Waals surface area contributed by atoms with Gasteiger partial charge in [0.15, 0.2) is 0 Å². The molecule has 2 rings (SSSR count). The first-order valence-corrected chi connectivity index (χ1v) is 7.66. The summed E-state index contributed by atoms with van der Waals surface area (Å²) in [6.07, 6.45) is 0. The number of hydrogen-bond acceptors (Lipinski definition) is 3. The summed E-state index contributed by atoms with van der Waals surface area (Å²) in [5.74, 6) is 0. The van der Waals surface area contributed by atoms with Crippen LogP contribution in [0.4, 0.5) is 0 Å². The van der Waals surface area contributed by atoms with Crippen LogP contribution >= 0.6 is 0 Å². The molecule has 0 aliphatic carbocycles. The fourth-order valence-corrected chi connectivity index (χ4v) is 4.08. The van der Waals surface area contributed by atoms with Crippen LogP contribution in [0.2, 0.25) is 0 Å². The Morgan fingerprint density at radius 1 is 1.33 bits per heavy atom. The summed E-state index contributed by atoms with van der Waals surface area (Å²) in [4.78, 5) is 0.433. The number of nitrogens with one attached hydrogen (secondary N) is 1. The average molecular weight is 268 g/mol. The van der Waals surface area contributed by atoms with Crippen molar-refractivity contribution >= 4 is 10.0 Å². The van der Waals surface area contributed by atoms with Gasteiger partial charge in [-0.15, -0.1) is 0 Å². The molecule has 0 radical (unpaired) electrons. The number of benzene rings is 1. The molecule has 0 spiro atoms. The van der Waals surface area contributed by atoms with Crippen LogP contribution in [0.15, 0.2) is 23.1 Å². The number of piperazine rings is 1. The lowest BCUT2D eigenvalue weighted by atomic mass is 10.2. The van der Waals surface area contributed by atoms with Crippen LogP contribution in [0.25, 0.3) is 0 Å². The zero-order valence-corrected chi connectivity index (χ0v) is 11.9. The van der Waals surface area contributed by atoms with Crippen LogP contribution < -0.4 is 5.32 Å². The molecule has 0 amide bonds. The minimum Gasteiger partial charge on any atom is -0.312 e. The van der Waals surface area contributed by atoms with E-state index >= 15 is 0 Å². The molecule has 0 saturated carbocycles. The number of rotatable bonds is 2. The van der Waals surface area contributed by atoms with Crippen molar-refractivity contribution in [2.24, 2.45) is 0 Å². The minimum atomic E-state index is -3.35. The molecule has 1 fully saturated rings. The largest absolute Gasteiger partial charge is 0.312 e. The van der Waals surface area contributed by atoms with Gasteiger partial charge in [0.1, 0.15) is 0 Å². The van der Waals surface area contributed by atoms with E-state index in [0.29, 0.717) is 24.5 Å². The SMILES string of the molecule is Cc1ccc(S(=O)(=O)N2CCN[C@H](C)C2)c(C)c1. The van der Waals surface area contributed by atoms with Gasteiger partial charge in [0.2, 0.25) is 10.0 Å². The molecule has 1 aliphatic heterocycles. The molecule has 100 valence electrons. The molecule has 1 aromatic carbocycles. The Morgan fingerprint density at radius 2 is 2.06 bits per heavy atom. The monoisotopic (exact) mass is 268 g/mol. The summed E-state index contributed by atoms with van der Waals surface area (Å²) in [6.45, 7) is 7.62. The third-order valence-corrected chi connectivity index (χ3v) is 5.31. The molecule has 0 unspecified atom stereocenters. The summed E-state index contributed by atoms with van der Waals surface area (Å²) >= 11 is 0. The van der Waals surface area contributed by atoms with Crippen molar-refractivity contribution in [2.75, 3.05) is 19.6 Å². The Morgan fingerprint density at radius 3 is 2.67 bits per heavy atom. The fourth-order valence-electron chi connectivity index (χ4n) is 2.34. The van der Waals surface area contributed by atoms with Crippen molar-refractivity contribution in [3.05, 3.63) is 29.3 Å². The van der Waals surface area contributed by atoms with Gasteiger partial charge in [0.05, 0.1) is 4.90 Å². The quantitative estimate of drug-likeness (QED) is 0.879. The van der Waals surface area contributed by atoms with Gasteiger partial charge in [-0.2, -0.15) is 4.31 Å². The first kappa shape index (κ1) is 13.5. The summed E-state index contributed by atoms with van der Waals surface area (Å²) < 4.78 is 26.7. The van der Waals surface area contributed by atoms with Crippen molar-refractivity contribution in [1.82, 2.24) is 9.62 Å². The molecular formula is C13H20N2O2S. The smallest absolute Gasteiger partial charge is 0.243 e. The molecule has 0 bridgehead atoms. The Hall–Kier alpha value is -0.910. The predicted octanol–water partition coefficient (Wildman–Crippen LogP) is 1.29. The van der Waals surface area contributed by atoms with Gasteiger partial charge in [0.25, 0.3) is 0 Å². The van der Waals surface area contributed by atoms with Gasteiger partial charge < -0.3 is 5.32 Å². The molecule has 18 heavy (non-hydrogen) atoms. The number of sulfonamides is 1. The topological polar surface area (TPSA) is 49.4 Å². The molecule has 1 N–H and O–H groups in total. The van der Waals surface area contributed by atoms with E-state index in [-0.39, 0.29) is 6.04 Å². The second-order valence-electron chi connectivity index (χ2n) is 4.99. The van der Waals surface area contributed by atoms with Crippen molar-refractivity contribution in [1.29, 1.82) is 0 Å². The minimum absolute atomic E-state index is 0.208. The van der Waals surface area contributed by atoms with Gasteiger partial charge in [-0.1, -0.05) is 17.7 Å². The number of aryl methyl sites for hydroxylation is 2. The molecular weight excluding hydrogens is 248 g/mol. The Kier molecular flexibility index (Phi) is 3.75. The van der Waals surface area contributed by atoms with E-state index in [4.69, 9.17) is 0 Å². The fraction of sp³-hybridized carbons (Fsp3) is 0.538. The van der Waals surface area contributed by atoms with Gasteiger partial charge in [0, 0.05) is 25.7 Å². The molecule has 1 aliphatic rings. The van der Waals surface area contributed by atoms with Crippen molar-refractivity contribution in [3.63, 3.8) is 0 Å².